The number of esters is 2. The van der Waals surface area contributed by atoms with Crippen molar-refractivity contribution in [3.8, 4) is 5.75 Å². The summed E-state index contributed by atoms with van der Waals surface area (Å²) in [5, 5.41) is 10.3. The first kappa shape index (κ1) is 19.9. The number of ether oxygens (including phenoxy) is 3. The Morgan fingerprint density at radius 1 is 1.14 bits per heavy atom. The maximum atomic E-state index is 12.6. The molecule has 2 aliphatic rings. The van der Waals surface area contributed by atoms with Gasteiger partial charge in [-0.15, -0.1) is 0 Å². The third-order valence-corrected chi connectivity index (χ3v) is 5.70. The van der Waals surface area contributed by atoms with E-state index in [4.69, 9.17) is 14.2 Å². The number of hydrogen-bond acceptors (Lipinski definition) is 6. The van der Waals surface area contributed by atoms with Gasteiger partial charge in [-0.25, -0.2) is 0 Å². The Morgan fingerprint density at radius 2 is 1.82 bits per heavy atom. The molecular formula is C21H24O7. The summed E-state index contributed by atoms with van der Waals surface area (Å²) in [6.07, 6.45) is 0.421. The minimum atomic E-state index is -1.44. The number of methoxy groups -OCH3 is 1. The van der Waals surface area contributed by atoms with Crippen molar-refractivity contribution < 1.29 is 33.7 Å². The number of carbonyl (C=O) groups is 3. The number of carboxylic acids is 1. The van der Waals surface area contributed by atoms with Gasteiger partial charge >= 0.3 is 17.9 Å². The second-order valence-electron chi connectivity index (χ2n) is 7.42. The van der Waals surface area contributed by atoms with Crippen LogP contribution in [-0.2, 0) is 23.9 Å². The van der Waals surface area contributed by atoms with E-state index in [9.17, 15) is 19.5 Å². The molecule has 28 heavy (non-hydrogen) atoms. The molecule has 0 saturated heterocycles. The summed E-state index contributed by atoms with van der Waals surface area (Å²) in [6.45, 7) is 4.31. The molecule has 0 radical (unpaired) electrons. The van der Waals surface area contributed by atoms with Crippen LogP contribution in [0.25, 0.3) is 0 Å². The van der Waals surface area contributed by atoms with Gasteiger partial charge in [0.15, 0.2) is 0 Å². The van der Waals surface area contributed by atoms with Gasteiger partial charge < -0.3 is 19.3 Å². The number of carbonyl (C=O) groups excluding carboxylic acids is 2. The predicted molar refractivity (Wildman–Crippen MR) is 98.8 cm³/mol. The van der Waals surface area contributed by atoms with E-state index in [1.165, 1.54) is 13.8 Å². The zero-order chi connectivity index (χ0) is 20.6. The molecule has 5 atom stereocenters. The quantitative estimate of drug-likeness (QED) is 0.611. The Kier molecular flexibility index (Phi) is 5.19. The Bertz CT molecular complexity index is 843. The molecule has 2 bridgehead atoms. The van der Waals surface area contributed by atoms with Crippen molar-refractivity contribution in [2.45, 2.75) is 45.3 Å². The molecule has 5 unspecified atom stereocenters. The second kappa shape index (κ2) is 7.30. The van der Waals surface area contributed by atoms with Crippen LogP contribution in [-0.4, -0.2) is 42.3 Å². The highest BCUT2D eigenvalue weighted by Crippen LogP contribution is 2.60. The smallest absolute Gasteiger partial charge is 0.317 e. The van der Waals surface area contributed by atoms with E-state index < -0.39 is 47.4 Å². The number of fused-ring (bicyclic) bond motifs is 2. The van der Waals surface area contributed by atoms with Gasteiger partial charge in [0.25, 0.3) is 0 Å². The molecule has 0 aliphatic heterocycles. The van der Waals surface area contributed by atoms with Crippen molar-refractivity contribution in [1.82, 2.24) is 0 Å². The first-order chi connectivity index (χ1) is 13.2. The highest BCUT2D eigenvalue weighted by molar-refractivity contribution is 5.82. The van der Waals surface area contributed by atoms with E-state index in [0.29, 0.717) is 17.7 Å². The Morgan fingerprint density at radius 3 is 2.39 bits per heavy atom. The summed E-state index contributed by atoms with van der Waals surface area (Å²) in [6, 6.07) is 7.22. The zero-order valence-corrected chi connectivity index (χ0v) is 16.3. The number of hydrogen-bond donors (Lipinski definition) is 1. The number of aliphatic carboxylic acids is 1. The molecule has 150 valence electrons. The van der Waals surface area contributed by atoms with E-state index in [1.807, 2.05) is 6.07 Å². The third-order valence-electron chi connectivity index (χ3n) is 5.70. The molecule has 0 spiro atoms. The molecule has 0 amide bonds. The van der Waals surface area contributed by atoms with Gasteiger partial charge in [0.05, 0.1) is 7.11 Å². The van der Waals surface area contributed by atoms with Crippen LogP contribution in [0.2, 0.25) is 0 Å². The lowest BCUT2D eigenvalue weighted by molar-refractivity contribution is -0.169. The summed E-state index contributed by atoms with van der Waals surface area (Å²) >= 11 is 0. The molecule has 7 nitrogen and oxygen atoms in total. The van der Waals surface area contributed by atoms with Crippen molar-refractivity contribution in [1.29, 1.82) is 0 Å². The lowest BCUT2D eigenvalue weighted by Crippen LogP contribution is -2.50. The molecule has 2 aliphatic carbocycles. The summed E-state index contributed by atoms with van der Waals surface area (Å²) in [5.74, 6) is -2.42. The molecule has 3 rings (SSSR count). The maximum absolute atomic E-state index is 12.6. The van der Waals surface area contributed by atoms with Gasteiger partial charge in [0.1, 0.15) is 23.4 Å². The fraction of sp³-hybridized carbons (Fsp3) is 0.476. The number of rotatable bonds is 5. The lowest BCUT2D eigenvalue weighted by Gasteiger charge is -2.40. The summed E-state index contributed by atoms with van der Waals surface area (Å²) in [5.41, 5.74) is -0.0194. The fourth-order valence-electron chi connectivity index (χ4n) is 4.73. The largest absolute Gasteiger partial charge is 0.497 e. The van der Waals surface area contributed by atoms with Crippen LogP contribution in [0, 0.1) is 11.3 Å². The molecular weight excluding hydrogens is 364 g/mol. The number of benzene rings is 1. The highest BCUT2D eigenvalue weighted by atomic mass is 16.6. The van der Waals surface area contributed by atoms with E-state index >= 15 is 0 Å². The van der Waals surface area contributed by atoms with Crippen molar-refractivity contribution >= 4 is 17.9 Å². The van der Waals surface area contributed by atoms with Crippen LogP contribution in [0.15, 0.2) is 35.9 Å². The molecule has 1 aromatic carbocycles. The Labute approximate surface area is 163 Å². The molecule has 1 saturated carbocycles. The van der Waals surface area contributed by atoms with Crippen LogP contribution < -0.4 is 4.74 Å². The van der Waals surface area contributed by atoms with Gasteiger partial charge in [0, 0.05) is 25.7 Å². The Hall–Kier alpha value is -2.83. The standard InChI is InChI=1S/C21H24O7/c1-11-10-21(20(24)25)17(14-6-5-7-15(8-14)26-4)9-16(18(11)27-12(2)22)19(21)28-13(3)23/h5-8,10,16-19H,9H2,1-4H3,(H,24,25). The van der Waals surface area contributed by atoms with E-state index in [1.54, 1.807) is 38.3 Å². The summed E-state index contributed by atoms with van der Waals surface area (Å²) in [4.78, 5) is 36.0. The monoisotopic (exact) mass is 388 g/mol. The SMILES string of the molecule is COc1cccc(C2CC3C(OC(C)=O)C(C)=CC2(C(=O)O)C3OC(C)=O)c1. The predicted octanol–water partition coefficient (Wildman–Crippen LogP) is 2.69. The summed E-state index contributed by atoms with van der Waals surface area (Å²) in [7, 11) is 1.54. The molecule has 0 heterocycles. The zero-order valence-electron chi connectivity index (χ0n) is 16.3. The molecule has 1 fully saturated rings. The number of carboxylic acid groups (broad SMARTS) is 1. The third kappa shape index (κ3) is 3.15. The molecule has 1 aromatic rings. The second-order valence-corrected chi connectivity index (χ2v) is 7.42. The van der Waals surface area contributed by atoms with E-state index in [-0.39, 0.29) is 0 Å². The van der Waals surface area contributed by atoms with Gasteiger partial charge in [-0.2, -0.15) is 0 Å². The van der Waals surface area contributed by atoms with Crippen LogP contribution in [0.1, 0.15) is 38.7 Å². The van der Waals surface area contributed by atoms with Gasteiger partial charge in [0.2, 0.25) is 0 Å². The average Bonchev–Trinajstić information content (AvgIpc) is 2.86. The lowest BCUT2D eigenvalue weighted by atomic mass is 9.69. The van der Waals surface area contributed by atoms with Crippen molar-refractivity contribution in [2.75, 3.05) is 7.11 Å². The van der Waals surface area contributed by atoms with E-state index in [2.05, 4.69) is 0 Å². The van der Waals surface area contributed by atoms with Gasteiger partial charge in [-0.3, -0.25) is 14.4 Å². The molecule has 0 aromatic heterocycles. The minimum Gasteiger partial charge on any atom is -0.497 e. The first-order valence-corrected chi connectivity index (χ1v) is 9.11. The molecule has 1 N–H and O–H groups in total. The van der Waals surface area contributed by atoms with Crippen molar-refractivity contribution in [3.05, 3.63) is 41.5 Å². The average molecular weight is 388 g/mol. The van der Waals surface area contributed by atoms with Crippen LogP contribution in [0.3, 0.4) is 0 Å². The van der Waals surface area contributed by atoms with Crippen LogP contribution >= 0.6 is 0 Å². The first-order valence-electron chi connectivity index (χ1n) is 9.11. The van der Waals surface area contributed by atoms with Crippen molar-refractivity contribution in [3.63, 3.8) is 0 Å². The highest BCUT2D eigenvalue weighted by Gasteiger charge is 2.66. The maximum Gasteiger partial charge on any atom is 0.317 e. The van der Waals surface area contributed by atoms with Gasteiger partial charge in [-0.05, 0) is 36.6 Å². The summed E-state index contributed by atoms with van der Waals surface area (Å²) < 4.78 is 16.3. The van der Waals surface area contributed by atoms with Gasteiger partial charge in [-0.1, -0.05) is 18.2 Å². The minimum absolute atomic E-state index is 0.392. The fourth-order valence-corrected chi connectivity index (χ4v) is 4.73. The molecule has 7 heteroatoms. The van der Waals surface area contributed by atoms with Crippen molar-refractivity contribution in [2.24, 2.45) is 11.3 Å². The van der Waals surface area contributed by atoms with Crippen LogP contribution in [0.4, 0.5) is 0 Å². The van der Waals surface area contributed by atoms with E-state index in [0.717, 1.165) is 5.56 Å². The normalized spacial score (nSPS) is 30.9. The Balaban J connectivity index is 2.17. The topological polar surface area (TPSA) is 99.1 Å². The van der Waals surface area contributed by atoms with Crippen LogP contribution in [0.5, 0.6) is 5.75 Å².